The maximum Gasteiger partial charge on any atom is 0.146 e. The SMILES string of the molecule is CC(C)[Si](C#CC(=C=C=C(C#Cc1ccc(N(C)C)cc1)C#C[Si](C(C)C)(C(C)C)C(C)C)C#Cc1ccc(N(C)C)cc1)(C(C)C)C(C)C. The lowest BCUT2D eigenvalue weighted by molar-refractivity contribution is 0.838. The maximum atomic E-state index is 3.85. The van der Waals surface area contributed by atoms with Crippen LogP contribution >= 0.6 is 0 Å². The Hall–Kier alpha value is -3.99. The van der Waals surface area contributed by atoms with Crippen molar-refractivity contribution in [2.24, 2.45) is 0 Å². The zero-order valence-electron chi connectivity index (χ0n) is 34.0. The molecular weight excluding hydrogens is 637 g/mol. The summed E-state index contributed by atoms with van der Waals surface area (Å²) in [5.74, 6) is 20.5. The van der Waals surface area contributed by atoms with Gasteiger partial charge in [-0.3, -0.25) is 0 Å². The molecule has 0 saturated heterocycles. The Labute approximate surface area is 309 Å². The van der Waals surface area contributed by atoms with E-state index in [-0.39, 0.29) is 0 Å². The first-order chi connectivity index (χ1) is 23.4. The highest BCUT2D eigenvalue weighted by Gasteiger charge is 2.42. The standard InChI is InChI=1S/C46H62N2Si2/c1-35(2)49(36(3)4,37(5)6)33-31-43(19-17-41-23-27-45(28-24-41)47(13)14)21-22-44(20-18-42-25-29-46(30-26-42)48(15)16)32-34-50(38(7)8,39(9)10)40(11)12/h23-30,35-40H,1-16H3. The van der Waals surface area contributed by atoms with Crippen LogP contribution in [0.3, 0.4) is 0 Å². The summed E-state index contributed by atoms with van der Waals surface area (Å²) in [4.78, 5) is 4.18. The fraction of sp³-hybridized carbons (Fsp3) is 0.478. The van der Waals surface area contributed by atoms with Gasteiger partial charge in [0.2, 0.25) is 0 Å². The Morgan fingerprint density at radius 2 is 0.680 bits per heavy atom. The van der Waals surface area contributed by atoms with Crippen LogP contribution in [0.1, 0.15) is 94.2 Å². The van der Waals surface area contributed by atoms with Crippen LogP contribution in [0.4, 0.5) is 11.4 Å². The van der Waals surface area contributed by atoms with E-state index >= 15 is 0 Å². The smallest absolute Gasteiger partial charge is 0.146 e. The minimum absolute atomic E-state index is 0.509. The monoisotopic (exact) mass is 698 g/mol. The molecule has 0 bridgehead atoms. The Balaban J connectivity index is 3.04. The van der Waals surface area contributed by atoms with Gasteiger partial charge in [-0.25, -0.2) is 0 Å². The lowest BCUT2D eigenvalue weighted by Crippen LogP contribution is -2.43. The molecule has 0 fully saturated rings. The normalized spacial score (nSPS) is 11.1. The van der Waals surface area contributed by atoms with E-state index < -0.39 is 16.1 Å². The van der Waals surface area contributed by atoms with Gasteiger partial charge < -0.3 is 9.80 Å². The van der Waals surface area contributed by atoms with E-state index in [9.17, 15) is 0 Å². The van der Waals surface area contributed by atoms with Crippen LogP contribution < -0.4 is 9.80 Å². The molecule has 0 aromatic heterocycles. The van der Waals surface area contributed by atoms with Crippen molar-refractivity contribution in [1.82, 2.24) is 0 Å². The van der Waals surface area contributed by atoms with E-state index in [1.165, 1.54) is 0 Å². The number of rotatable bonds is 8. The maximum absolute atomic E-state index is 3.85. The topological polar surface area (TPSA) is 6.48 Å². The molecule has 0 unspecified atom stereocenters. The number of hydrogen-bond donors (Lipinski definition) is 0. The highest BCUT2D eigenvalue weighted by atomic mass is 28.3. The minimum Gasteiger partial charge on any atom is -0.378 e. The minimum atomic E-state index is -2.01. The van der Waals surface area contributed by atoms with Crippen molar-refractivity contribution in [3.8, 4) is 46.6 Å². The molecule has 2 nitrogen and oxygen atoms in total. The number of anilines is 2. The molecule has 0 heterocycles. The van der Waals surface area contributed by atoms with Crippen LogP contribution in [0.2, 0.25) is 33.2 Å². The van der Waals surface area contributed by atoms with Gasteiger partial charge in [0.05, 0.1) is 0 Å². The molecule has 0 aliphatic carbocycles. The first kappa shape index (κ1) is 42.2. The molecule has 0 atom stereocenters. The zero-order chi connectivity index (χ0) is 37.8. The van der Waals surface area contributed by atoms with Crippen molar-refractivity contribution in [3.05, 3.63) is 82.3 Å². The highest BCUT2D eigenvalue weighted by Crippen LogP contribution is 2.41. The number of hydrogen-bond acceptors (Lipinski definition) is 2. The summed E-state index contributed by atoms with van der Waals surface area (Å²) in [6.45, 7) is 28.0. The molecule has 264 valence electrons. The molecule has 2 aromatic rings. The summed E-state index contributed by atoms with van der Waals surface area (Å²) >= 11 is 0. The zero-order valence-corrected chi connectivity index (χ0v) is 36.0. The van der Waals surface area contributed by atoms with E-state index in [1.807, 2.05) is 28.2 Å². The molecule has 0 N–H and O–H groups in total. The van der Waals surface area contributed by atoms with E-state index in [0.29, 0.717) is 44.4 Å². The van der Waals surface area contributed by atoms with E-state index in [1.54, 1.807) is 0 Å². The second-order valence-corrected chi connectivity index (χ2v) is 26.8. The summed E-state index contributed by atoms with van der Waals surface area (Å²) in [7, 11) is 4.15. The fourth-order valence-corrected chi connectivity index (χ4v) is 17.9. The van der Waals surface area contributed by atoms with Gasteiger partial charge in [0.1, 0.15) is 27.3 Å². The molecular formula is C46H62N2Si2. The van der Waals surface area contributed by atoms with Gasteiger partial charge >= 0.3 is 0 Å². The van der Waals surface area contributed by atoms with Crippen molar-refractivity contribution in [2.75, 3.05) is 38.0 Å². The molecule has 0 aliphatic heterocycles. The van der Waals surface area contributed by atoms with Gasteiger partial charge in [0.25, 0.3) is 0 Å². The van der Waals surface area contributed by atoms with Gasteiger partial charge in [0, 0.05) is 50.7 Å². The summed E-state index contributed by atoms with van der Waals surface area (Å²) in [6.07, 6.45) is 0. The van der Waals surface area contributed by atoms with Gasteiger partial charge in [-0.2, -0.15) is 0 Å². The average molecular weight is 699 g/mol. The van der Waals surface area contributed by atoms with Gasteiger partial charge in [-0.15, -0.1) is 11.1 Å². The Kier molecular flexibility index (Phi) is 15.9. The fourth-order valence-electron chi connectivity index (χ4n) is 7.48. The quantitative estimate of drug-likeness (QED) is 0.154. The van der Waals surface area contributed by atoms with Crippen molar-refractivity contribution >= 4 is 27.5 Å². The van der Waals surface area contributed by atoms with Crippen molar-refractivity contribution in [2.45, 2.75) is 116 Å². The molecule has 0 radical (unpaired) electrons. The summed E-state index contributed by atoms with van der Waals surface area (Å²) < 4.78 is 0. The van der Waals surface area contributed by atoms with Gasteiger partial charge in [-0.1, -0.05) is 107 Å². The third kappa shape index (κ3) is 10.8. The molecule has 50 heavy (non-hydrogen) atoms. The first-order valence-electron chi connectivity index (χ1n) is 18.3. The number of nitrogens with zero attached hydrogens (tertiary/aromatic N) is 2. The van der Waals surface area contributed by atoms with E-state index in [2.05, 4.69) is 199 Å². The second-order valence-electron chi connectivity index (χ2n) is 15.7. The first-order valence-corrected chi connectivity index (χ1v) is 22.8. The molecule has 2 aromatic carbocycles. The van der Waals surface area contributed by atoms with Crippen LogP contribution in [0.25, 0.3) is 0 Å². The largest absolute Gasteiger partial charge is 0.378 e. The summed E-state index contributed by atoms with van der Waals surface area (Å²) in [5, 5.41) is 0. The molecule has 0 amide bonds. The summed E-state index contributed by atoms with van der Waals surface area (Å²) in [5.41, 5.74) is 22.9. The van der Waals surface area contributed by atoms with Crippen molar-refractivity contribution < 1.29 is 0 Å². The van der Waals surface area contributed by atoms with Crippen LogP contribution in [-0.4, -0.2) is 44.3 Å². The lowest BCUT2D eigenvalue weighted by atomic mass is 10.1. The Bertz CT molecular complexity index is 1610. The molecule has 0 spiro atoms. The third-order valence-corrected chi connectivity index (χ3v) is 22.9. The van der Waals surface area contributed by atoms with Crippen molar-refractivity contribution in [3.63, 3.8) is 0 Å². The predicted octanol–water partition coefficient (Wildman–Crippen LogP) is 11.3. The van der Waals surface area contributed by atoms with Crippen LogP contribution in [0.15, 0.2) is 71.1 Å². The van der Waals surface area contributed by atoms with Crippen LogP contribution in [-0.2, 0) is 0 Å². The predicted molar refractivity (Wildman–Crippen MR) is 227 cm³/mol. The number of allylic oxidation sites excluding steroid dienone is 2. The van der Waals surface area contributed by atoms with Gasteiger partial charge in [0.15, 0.2) is 0 Å². The molecule has 2 rings (SSSR count). The number of benzene rings is 2. The highest BCUT2D eigenvalue weighted by molar-refractivity contribution is 6.91. The molecule has 4 heteroatoms. The van der Waals surface area contributed by atoms with Crippen LogP contribution in [0, 0.1) is 46.6 Å². The summed E-state index contributed by atoms with van der Waals surface area (Å²) in [6, 6.07) is 16.6. The van der Waals surface area contributed by atoms with Gasteiger partial charge in [-0.05, 0) is 105 Å². The lowest BCUT2D eigenvalue weighted by Gasteiger charge is -2.38. The average Bonchev–Trinajstić information content (AvgIpc) is 3.03. The second kappa shape index (κ2) is 18.9. The van der Waals surface area contributed by atoms with E-state index in [0.717, 1.165) is 22.5 Å². The van der Waals surface area contributed by atoms with E-state index in [4.69, 9.17) is 0 Å². The van der Waals surface area contributed by atoms with Crippen LogP contribution in [0.5, 0.6) is 0 Å². The Morgan fingerprint density at radius 3 is 0.900 bits per heavy atom. The third-order valence-electron chi connectivity index (χ3n) is 10.3. The molecule has 0 saturated carbocycles. The Morgan fingerprint density at radius 1 is 0.420 bits per heavy atom. The van der Waals surface area contributed by atoms with Crippen molar-refractivity contribution in [1.29, 1.82) is 0 Å². The molecule has 0 aliphatic rings.